The minimum Gasteiger partial charge on any atom is -0.393 e. The van der Waals surface area contributed by atoms with Crippen LogP contribution in [0.4, 0.5) is 0 Å². The van der Waals surface area contributed by atoms with Crippen LogP contribution >= 0.6 is 0 Å². The molecule has 0 heterocycles. The van der Waals surface area contributed by atoms with E-state index in [9.17, 15) is 9.90 Å². The summed E-state index contributed by atoms with van der Waals surface area (Å²) in [6.45, 7) is 10.7. The fourth-order valence-corrected chi connectivity index (χ4v) is 2.99. The number of aliphatic hydroxyl groups is 1. The molecule has 146 valence electrons. The molecule has 1 aliphatic rings. The summed E-state index contributed by atoms with van der Waals surface area (Å²) in [6.07, 6.45) is 7.99. The minimum absolute atomic E-state index is 0.0289. The molecule has 4 heteroatoms. The zero-order valence-corrected chi connectivity index (χ0v) is 17.2. The van der Waals surface area contributed by atoms with Gasteiger partial charge in [-0.25, -0.2) is 0 Å². The maximum Gasteiger partial charge on any atom is 0.220 e. The normalized spacial score (nSPS) is 24.3. The third-order valence-electron chi connectivity index (χ3n) is 4.71. The Balaban J connectivity index is 0. The molecule has 1 fully saturated rings. The van der Waals surface area contributed by atoms with Gasteiger partial charge in [-0.3, -0.25) is 4.79 Å². The first kappa shape index (κ1) is 25.6. The highest BCUT2D eigenvalue weighted by Gasteiger charge is 2.28. The number of hydrogen-bond acceptors (Lipinski definition) is 3. The third-order valence-corrected chi connectivity index (χ3v) is 4.71. The van der Waals surface area contributed by atoms with Gasteiger partial charge >= 0.3 is 0 Å². The number of carbonyl (C=O) groups excluding carboxylic acids is 1. The number of amides is 1. The van der Waals surface area contributed by atoms with Crippen LogP contribution in [0, 0.1) is 23.7 Å². The largest absolute Gasteiger partial charge is 0.393 e. The molecule has 4 nitrogen and oxygen atoms in total. The molecule has 0 aromatic carbocycles. The van der Waals surface area contributed by atoms with Crippen molar-refractivity contribution in [3.8, 4) is 0 Å². The van der Waals surface area contributed by atoms with E-state index < -0.39 is 0 Å². The van der Waals surface area contributed by atoms with Gasteiger partial charge in [0, 0.05) is 20.1 Å². The monoisotopic (exact) mass is 345 g/mol. The van der Waals surface area contributed by atoms with Crippen LogP contribution in [0.15, 0.2) is 0 Å². The molecule has 0 aliphatic heterocycles. The summed E-state index contributed by atoms with van der Waals surface area (Å²) in [5, 5.41) is 9.71. The van der Waals surface area contributed by atoms with Crippen LogP contribution in [-0.4, -0.2) is 31.3 Å². The second-order valence-corrected chi connectivity index (χ2v) is 7.60. The van der Waals surface area contributed by atoms with E-state index in [0.29, 0.717) is 11.8 Å². The van der Waals surface area contributed by atoms with Crippen molar-refractivity contribution in [3.05, 3.63) is 0 Å². The molecule has 0 spiro atoms. The average Bonchev–Trinajstić information content (AvgIpc) is 2.48. The zero-order valence-electron chi connectivity index (χ0n) is 17.2. The topological polar surface area (TPSA) is 72.5 Å². The third kappa shape index (κ3) is 13.8. The van der Waals surface area contributed by atoms with Crippen molar-refractivity contribution in [1.29, 1.82) is 0 Å². The quantitative estimate of drug-likeness (QED) is 0.701. The van der Waals surface area contributed by atoms with Crippen LogP contribution in [0.25, 0.3) is 0 Å². The number of hydrogen-bond donors (Lipinski definition) is 2. The first-order valence-corrected chi connectivity index (χ1v) is 9.58. The molecule has 24 heavy (non-hydrogen) atoms. The molecule has 0 bridgehead atoms. The van der Waals surface area contributed by atoms with Crippen LogP contribution in [0.5, 0.6) is 0 Å². The predicted octanol–water partition coefficient (Wildman–Crippen LogP) is 4.39. The lowest BCUT2D eigenvalue weighted by Crippen LogP contribution is -2.31. The zero-order chi connectivity index (χ0) is 19.1. The van der Waals surface area contributed by atoms with E-state index in [2.05, 4.69) is 32.4 Å². The van der Waals surface area contributed by atoms with Crippen LogP contribution < -0.4 is 5.73 Å². The molecule has 0 aromatic rings. The molecule has 1 amide bonds. The van der Waals surface area contributed by atoms with Crippen molar-refractivity contribution in [2.24, 2.45) is 29.4 Å². The maximum absolute atomic E-state index is 10.5. The van der Waals surface area contributed by atoms with Gasteiger partial charge in [-0.2, -0.15) is 0 Å². The van der Waals surface area contributed by atoms with Crippen LogP contribution in [-0.2, 0) is 9.53 Å². The second-order valence-electron chi connectivity index (χ2n) is 7.60. The van der Waals surface area contributed by atoms with Gasteiger partial charge in [-0.05, 0) is 37.0 Å². The van der Waals surface area contributed by atoms with E-state index in [0.717, 1.165) is 25.2 Å². The summed E-state index contributed by atoms with van der Waals surface area (Å²) in [5.74, 6) is 1.84. The number of primary amides is 1. The summed E-state index contributed by atoms with van der Waals surface area (Å²) >= 11 is 0. The van der Waals surface area contributed by atoms with E-state index in [-0.39, 0.29) is 17.9 Å². The molecule has 4 unspecified atom stereocenters. The molecule has 0 radical (unpaired) electrons. The standard InChI is InChI=1S/C10H20O.C8H17NO.C2H6O/c1-7(2)9-5-4-8(3)6-10(9)11;1-3-4-5-6-7(2)8(9)10;1-3-2/h7-11H,4-6H2,1-3H3;7H,3-6H2,1-2H3,(H2,9,10);1-2H3. The molecule has 4 atom stereocenters. The fourth-order valence-electron chi connectivity index (χ4n) is 2.99. The summed E-state index contributed by atoms with van der Waals surface area (Å²) in [4.78, 5) is 10.5. The Morgan fingerprint density at radius 3 is 2.12 bits per heavy atom. The highest BCUT2D eigenvalue weighted by atomic mass is 16.4. The second kappa shape index (κ2) is 15.9. The van der Waals surface area contributed by atoms with Gasteiger partial charge in [0.15, 0.2) is 0 Å². The smallest absolute Gasteiger partial charge is 0.220 e. The summed E-state index contributed by atoms with van der Waals surface area (Å²) in [5.41, 5.74) is 5.08. The number of ether oxygens (including phenoxy) is 1. The van der Waals surface area contributed by atoms with Gasteiger partial charge in [0.1, 0.15) is 0 Å². The van der Waals surface area contributed by atoms with E-state index in [1.165, 1.54) is 25.7 Å². The minimum atomic E-state index is -0.170. The summed E-state index contributed by atoms with van der Waals surface area (Å²) < 4.78 is 4.25. The summed E-state index contributed by atoms with van der Waals surface area (Å²) in [7, 11) is 3.25. The van der Waals surface area contributed by atoms with Gasteiger partial charge in [-0.1, -0.05) is 60.3 Å². The Morgan fingerprint density at radius 2 is 1.75 bits per heavy atom. The predicted molar refractivity (Wildman–Crippen MR) is 103 cm³/mol. The van der Waals surface area contributed by atoms with E-state index >= 15 is 0 Å². The molecule has 0 aromatic heterocycles. The van der Waals surface area contributed by atoms with E-state index in [1.54, 1.807) is 14.2 Å². The Morgan fingerprint density at radius 1 is 1.21 bits per heavy atom. The molecule has 3 N–H and O–H groups in total. The van der Waals surface area contributed by atoms with Gasteiger partial charge in [-0.15, -0.1) is 0 Å². The first-order chi connectivity index (χ1) is 11.2. The number of aliphatic hydroxyl groups excluding tert-OH is 1. The Kier molecular flexibility index (Phi) is 17.0. The first-order valence-electron chi connectivity index (χ1n) is 9.58. The van der Waals surface area contributed by atoms with Crippen molar-refractivity contribution in [3.63, 3.8) is 0 Å². The van der Waals surface area contributed by atoms with Crippen molar-refractivity contribution in [1.82, 2.24) is 0 Å². The molecular weight excluding hydrogens is 302 g/mol. The number of carbonyl (C=O) groups is 1. The molecule has 1 rings (SSSR count). The summed E-state index contributed by atoms with van der Waals surface area (Å²) in [6, 6.07) is 0. The number of nitrogens with two attached hydrogens (primary N) is 1. The molecule has 0 saturated heterocycles. The Labute approximate surface area is 150 Å². The fraction of sp³-hybridized carbons (Fsp3) is 0.950. The SMILES string of the molecule is CC1CCC(C(C)C)C(O)C1.CCCCCC(C)C(N)=O.COC. The molecule has 1 saturated carbocycles. The van der Waals surface area contributed by atoms with Crippen molar-refractivity contribution in [2.75, 3.05) is 14.2 Å². The Hall–Kier alpha value is -0.610. The van der Waals surface area contributed by atoms with E-state index in [1.807, 2.05) is 6.92 Å². The van der Waals surface area contributed by atoms with Gasteiger partial charge in [0.05, 0.1) is 6.10 Å². The molecule has 1 aliphatic carbocycles. The molecular formula is C20H43NO3. The van der Waals surface area contributed by atoms with Crippen LogP contribution in [0.2, 0.25) is 0 Å². The van der Waals surface area contributed by atoms with Crippen LogP contribution in [0.1, 0.15) is 79.6 Å². The van der Waals surface area contributed by atoms with Crippen molar-refractivity contribution in [2.45, 2.75) is 85.7 Å². The number of unbranched alkanes of at least 4 members (excludes halogenated alkanes) is 2. The number of rotatable bonds is 6. The van der Waals surface area contributed by atoms with Crippen molar-refractivity contribution >= 4 is 5.91 Å². The van der Waals surface area contributed by atoms with Gasteiger partial charge < -0.3 is 15.6 Å². The lowest BCUT2D eigenvalue weighted by molar-refractivity contribution is -0.121. The van der Waals surface area contributed by atoms with Crippen molar-refractivity contribution < 1.29 is 14.6 Å². The number of methoxy groups -OCH3 is 1. The van der Waals surface area contributed by atoms with Gasteiger partial charge in [0.2, 0.25) is 5.91 Å². The maximum atomic E-state index is 10.5. The van der Waals surface area contributed by atoms with E-state index in [4.69, 9.17) is 5.73 Å². The highest BCUT2D eigenvalue weighted by molar-refractivity contribution is 5.76. The lowest BCUT2D eigenvalue weighted by Gasteiger charge is -2.33. The lowest BCUT2D eigenvalue weighted by atomic mass is 9.75. The van der Waals surface area contributed by atoms with Gasteiger partial charge in [0.25, 0.3) is 0 Å². The average molecular weight is 346 g/mol. The highest BCUT2D eigenvalue weighted by Crippen LogP contribution is 2.33. The van der Waals surface area contributed by atoms with Crippen LogP contribution in [0.3, 0.4) is 0 Å². The Bertz CT molecular complexity index is 295.